The predicted molar refractivity (Wildman–Crippen MR) is 129 cm³/mol. The van der Waals surface area contributed by atoms with Gasteiger partial charge in [-0.1, -0.05) is 54.3 Å². The minimum Gasteiger partial charge on any atom is -0.365 e. The molecule has 31 heavy (non-hydrogen) atoms. The molecule has 0 radical (unpaired) electrons. The van der Waals surface area contributed by atoms with E-state index in [1.165, 1.54) is 28.0 Å². The molecule has 0 unspecified atom stereocenters. The maximum atomic E-state index is 12.7. The number of thioether (sulfide) groups is 1. The standard InChI is InChI=1S/C22H21N3O3S3/c23-19(27)18-14-8-4-5-9-15(14)30-20(18)24-17(26)10-11-25-21(28)16(31-22(25)29)12-13-6-2-1-3-7-13/h1-3,6-7,12H,4-5,8-11H2,(H2,23,27)(H,24,26). The van der Waals surface area contributed by atoms with Crippen LogP contribution in [0.4, 0.5) is 5.00 Å². The number of amides is 3. The molecular formula is C22H21N3O3S3. The molecule has 1 fully saturated rings. The number of hydrogen-bond acceptors (Lipinski definition) is 6. The van der Waals surface area contributed by atoms with Gasteiger partial charge in [0.05, 0.1) is 10.5 Å². The molecule has 0 atom stereocenters. The second kappa shape index (κ2) is 9.33. The molecule has 0 spiro atoms. The number of thiocarbonyl (C=S) groups is 1. The highest BCUT2D eigenvalue weighted by molar-refractivity contribution is 8.26. The van der Waals surface area contributed by atoms with Crippen molar-refractivity contribution in [2.24, 2.45) is 5.73 Å². The van der Waals surface area contributed by atoms with Crippen LogP contribution in [0.3, 0.4) is 0 Å². The molecule has 1 aromatic carbocycles. The van der Waals surface area contributed by atoms with Crippen LogP contribution in [0.5, 0.6) is 0 Å². The van der Waals surface area contributed by atoms with Gasteiger partial charge < -0.3 is 11.1 Å². The van der Waals surface area contributed by atoms with Crippen molar-refractivity contribution in [1.82, 2.24) is 4.90 Å². The molecule has 9 heteroatoms. The van der Waals surface area contributed by atoms with Crippen LogP contribution in [0.15, 0.2) is 35.2 Å². The van der Waals surface area contributed by atoms with Crippen LogP contribution >= 0.6 is 35.3 Å². The molecule has 6 nitrogen and oxygen atoms in total. The first kappa shape index (κ1) is 21.7. The molecule has 1 saturated heterocycles. The van der Waals surface area contributed by atoms with Crippen LogP contribution in [-0.2, 0) is 22.4 Å². The molecule has 2 aliphatic rings. The van der Waals surface area contributed by atoms with E-state index in [4.69, 9.17) is 18.0 Å². The molecule has 3 amide bonds. The Hall–Kier alpha value is -2.49. The van der Waals surface area contributed by atoms with Crippen molar-refractivity contribution in [3.8, 4) is 0 Å². The zero-order valence-corrected chi connectivity index (χ0v) is 19.1. The van der Waals surface area contributed by atoms with E-state index in [0.29, 0.717) is 19.8 Å². The van der Waals surface area contributed by atoms with Crippen LogP contribution in [-0.4, -0.2) is 33.5 Å². The molecule has 0 bridgehead atoms. The van der Waals surface area contributed by atoms with Crippen molar-refractivity contribution in [2.75, 3.05) is 11.9 Å². The fraction of sp³-hybridized carbons (Fsp3) is 0.273. The van der Waals surface area contributed by atoms with Crippen molar-refractivity contribution in [1.29, 1.82) is 0 Å². The Balaban J connectivity index is 1.41. The Morgan fingerprint density at radius 2 is 1.94 bits per heavy atom. The van der Waals surface area contributed by atoms with Crippen LogP contribution in [0.25, 0.3) is 6.08 Å². The molecule has 4 rings (SSSR count). The molecule has 3 N–H and O–H groups in total. The lowest BCUT2D eigenvalue weighted by Crippen LogP contribution is -2.31. The second-order valence-corrected chi connectivity index (χ2v) is 10.1. The number of fused-ring (bicyclic) bond motifs is 1. The zero-order chi connectivity index (χ0) is 22.0. The van der Waals surface area contributed by atoms with E-state index in [9.17, 15) is 14.4 Å². The highest BCUT2D eigenvalue weighted by Gasteiger charge is 2.32. The molecule has 2 aromatic rings. The van der Waals surface area contributed by atoms with Gasteiger partial charge in [-0.2, -0.15) is 0 Å². The van der Waals surface area contributed by atoms with Gasteiger partial charge in [-0.25, -0.2) is 0 Å². The van der Waals surface area contributed by atoms with E-state index in [-0.39, 0.29) is 24.8 Å². The number of thiophene rings is 1. The van der Waals surface area contributed by atoms with Crippen LogP contribution in [0.1, 0.15) is 45.6 Å². The topological polar surface area (TPSA) is 92.5 Å². The Labute approximate surface area is 193 Å². The normalized spacial score (nSPS) is 17.2. The number of nitrogens with two attached hydrogens (primary N) is 1. The number of benzene rings is 1. The summed E-state index contributed by atoms with van der Waals surface area (Å²) in [6.07, 6.45) is 5.68. The third kappa shape index (κ3) is 4.73. The number of aryl methyl sites for hydroxylation is 1. The van der Waals surface area contributed by atoms with Gasteiger partial charge >= 0.3 is 0 Å². The number of anilines is 1. The largest absolute Gasteiger partial charge is 0.365 e. The summed E-state index contributed by atoms with van der Waals surface area (Å²) in [7, 11) is 0. The number of carbonyl (C=O) groups is 3. The first-order chi connectivity index (χ1) is 14.9. The number of nitrogens with one attached hydrogen (secondary N) is 1. The van der Waals surface area contributed by atoms with Crippen molar-refractivity contribution >= 4 is 68.4 Å². The van der Waals surface area contributed by atoms with Gasteiger partial charge in [0.25, 0.3) is 11.8 Å². The van der Waals surface area contributed by atoms with Gasteiger partial charge in [0.1, 0.15) is 9.32 Å². The summed E-state index contributed by atoms with van der Waals surface area (Å²) in [5, 5.41) is 3.34. The summed E-state index contributed by atoms with van der Waals surface area (Å²) in [5.74, 6) is -0.990. The van der Waals surface area contributed by atoms with Crippen LogP contribution in [0, 0.1) is 0 Å². The molecule has 2 heterocycles. The quantitative estimate of drug-likeness (QED) is 0.492. The van der Waals surface area contributed by atoms with Crippen molar-refractivity contribution in [3.63, 3.8) is 0 Å². The van der Waals surface area contributed by atoms with E-state index >= 15 is 0 Å². The minimum absolute atomic E-state index is 0.0752. The fourth-order valence-electron chi connectivity index (χ4n) is 3.71. The summed E-state index contributed by atoms with van der Waals surface area (Å²) in [6, 6.07) is 9.54. The fourth-order valence-corrected chi connectivity index (χ4v) is 6.33. The number of hydrogen-bond donors (Lipinski definition) is 2. The van der Waals surface area contributed by atoms with E-state index < -0.39 is 5.91 Å². The van der Waals surface area contributed by atoms with Crippen LogP contribution < -0.4 is 11.1 Å². The third-order valence-corrected chi connectivity index (χ3v) is 7.79. The molecule has 0 saturated carbocycles. The Morgan fingerprint density at radius 3 is 2.68 bits per heavy atom. The number of primary amides is 1. The van der Waals surface area contributed by atoms with E-state index in [1.54, 1.807) is 6.08 Å². The zero-order valence-electron chi connectivity index (χ0n) is 16.7. The Bertz CT molecular complexity index is 1090. The van der Waals surface area contributed by atoms with E-state index in [1.807, 2.05) is 30.3 Å². The summed E-state index contributed by atoms with van der Waals surface area (Å²) in [4.78, 5) is 40.4. The van der Waals surface area contributed by atoms with Gasteiger partial charge in [-0.05, 0) is 42.9 Å². The SMILES string of the molecule is NC(=O)c1c(NC(=O)CCN2C(=O)C(=Cc3ccccc3)SC2=S)sc2c1CCCC2. The number of carbonyl (C=O) groups excluding carboxylic acids is 3. The average molecular weight is 472 g/mol. The van der Waals surface area contributed by atoms with Gasteiger partial charge in [0.15, 0.2) is 0 Å². The highest BCUT2D eigenvalue weighted by Crippen LogP contribution is 2.38. The Morgan fingerprint density at radius 1 is 1.19 bits per heavy atom. The lowest BCUT2D eigenvalue weighted by atomic mass is 9.95. The van der Waals surface area contributed by atoms with Gasteiger partial charge in [0.2, 0.25) is 5.91 Å². The predicted octanol–water partition coefficient (Wildman–Crippen LogP) is 3.96. The monoisotopic (exact) mass is 471 g/mol. The number of nitrogens with zero attached hydrogens (tertiary/aromatic N) is 1. The molecule has 160 valence electrons. The summed E-state index contributed by atoms with van der Waals surface area (Å²) >= 11 is 8.00. The molecule has 1 aliphatic heterocycles. The third-order valence-electron chi connectivity index (χ3n) is 5.20. The van der Waals surface area contributed by atoms with Crippen molar-refractivity contribution in [3.05, 3.63) is 56.8 Å². The number of rotatable bonds is 6. The minimum atomic E-state index is -0.516. The highest BCUT2D eigenvalue weighted by atomic mass is 32.2. The summed E-state index contributed by atoms with van der Waals surface area (Å²) < 4.78 is 0.435. The summed E-state index contributed by atoms with van der Waals surface area (Å²) in [6.45, 7) is 0.180. The molecular weight excluding hydrogens is 450 g/mol. The van der Waals surface area contributed by atoms with Crippen LogP contribution in [0.2, 0.25) is 0 Å². The van der Waals surface area contributed by atoms with Crippen molar-refractivity contribution in [2.45, 2.75) is 32.1 Å². The first-order valence-corrected chi connectivity index (χ1v) is 12.0. The van der Waals surface area contributed by atoms with Gasteiger partial charge in [-0.3, -0.25) is 19.3 Å². The van der Waals surface area contributed by atoms with Crippen molar-refractivity contribution < 1.29 is 14.4 Å². The Kier molecular flexibility index (Phi) is 6.54. The first-order valence-electron chi connectivity index (χ1n) is 9.98. The van der Waals surface area contributed by atoms with Gasteiger partial charge in [-0.15, -0.1) is 11.3 Å². The maximum Gasteiger partial charge on any atom is 0.266 e. The molecule has 1 aromatic heterocycles. The maximum absolute atomic E-state index is 12.7. The van der Waals surface area contributed by atoms with E-state index in [0.717, 1.165) is 41.7 Å². The molecule has 1 aliphatic carbocycles. The summed E-state index contributed by atoms with van der Waals surface area (Å²) in [5.41, 5.74) is 7.91. The average Bonchev–Trinajstić information content (AvgIpc) is 3.23. The lowest BCUT2D eigenvalue weighted by Gasteiger charge is -2.14. The van der Waals surface area contributed by atoms with E-state index in [2.05, 4.69) is 5.32 Å². The smallest absolute Gasteiger partial charge is 0.266 e. The van der Waals surface area contributed by atoms with Gasteiger partial charge in [0, 0.05) is 17.8 Å². The lowest BCUT2D eigenvalue weighted by molar-refractivity contribution is -0.122. The second-order valence-electron chi connectivity index (χ2n) is 7.32.